The Morgan fingerprint density at radius 3 is 2.54 bits per heavy atom. The molecule has 3 atom stereocenters. The standard InChI is InChI=1S/C23H29N3/c1-23(22-16-24-11-14-26(22)23)21-9-7-19(8-10-21)20-6-4-5-18(15-20)17-25-12-2-3-13-25/h4-10,15,22,24H,2-3,11-14,16-17H2,1H3. The summed E-state index contributed by atoms with van der Waals surface area (Å²) in [5.41, 5.74) is 5.81. The molecule has 2 aromatic rings. The van der Waals surface area contributed by atoms with Crippen LogP contribution in [0.4, 0.5) is 0 Å². The molecule has 2 aromatic carbocycles. The van der Waals surface area contributed by atoms with Crippen molar-refractivity contribution in [2.24, 2.45) is 0 Å². The molecule has 0 radical (unpaired) electrons. The van der Waals surface area contributed by atoms with Gasteiger partial charge in [-0.3, -0.25) is 9.80 Å². The minimum absolute atomic E-state index is 0.236. The van der Waals surface area contributed by atoms with Crippen LogP contribution in [-0.4, -0.2) is 48.6 Å². The van der Waals surface area contributed by atoms with Crippen LogP contribution in [0.1, 0.15) is 30.9 Å². The Morgan fingerprint density at radius 1 is 1.00 bits per heavy atom. The van der Waals surface area contributed by atoms with Crippen molar-refractivity contribution in [2.75, 3.05) is 32.7 Å². The number of hydrogen-bond donors (Lipinski definition) is 1. The zero-order chi connectivity index (χ0) is 17.6. The molecule has 3 saturated heterocycles. The zero-order valence-corrected chi connectivity index (χ0v) is 15.7. The van der Waals surface area contributed by atoms with Crippen LogP contribution < -0.4 is 5.32 Å². The van der Waals surface area contributed by atoms with Gasteiger partial charge in [-0.25, -0.2) is 0 Å². The Bertz CT molecular complexity index is 764. The van der Waals surface area contributed by atoms with Crippen molar-refractivity contribution in [3.63, 3.8) is 0 Å². The van der Waals surface area contributed by atoms with Gasteiger partial charge in [0.15, 0.2) is 0 Å². The summed E-state index contributed by atoms with van der Waals surface area (Å²) in [7, 11) is 0. The maximum absolute atomic E-state index is 3.53. The molecular formula is C23H29N3. The van der Waals surface area contributed by atoms with Crippen molar-refractivity contribution in [3.8, 4) is 11.1 Å². The number of fused-ring (bicyclic) bond motifs is 1. The second kappa shape index (κ2) is 6.49. The summed E-state index contributed by atoms with van der Waals surface area (Å²) in [6.45, 7) is 9.41. The number of nitrogens with one attached hydrogen (secondary N) is 1. The Labute approximate surface area is 157 Å². The van der Waals surface area contributed by atoms with E-state index in [0.29, 0.717) is 6.04 Å². The molecule has 3 aliphatic rings. The lowest BCUT2D eigenvalue weighted by atomic mass is 9.94. The third-order valence-electron chi connectivity index (χ3n) is 6.76. The fourth-order valence-corrected chi connectivity index (χ4v) is 5.07. The number of benzene rings is 2. The van der Waals surface area contributed by atoms with Gasteiger partial charge in [-0.2, -0.15) is 0 Å². The lowest BCUT2D eigenvalue weighted by Gasteiger charge is -2.16. The molecule has 3 heterocycles. The first-order valence-corrected chi connectivity index (χ1v) is 10.1. The van der Waals surface area contributed by atoms with Crippen LogP contribution in [-0.2, 0) is 12.1 Å². The van der Waals surface area contributed by atoms with E-state index in [-0.39, 0.29) is 5.54 Å². The molecule has 0 spiro atoms. The lowest BCUT2D eigenvalue weighted by Crippen LogP contribution is -2.33. The largest absolute Gasteiger partial charge is 0.314 e. The molecule has 3 heteroatoms. The van der Waals surface area contributed by atoms with E-state index >= 15 is 0 Å². The van der Waals surface area contributed by atoms with E-state index < -0.39 is 0 Å². The van der Waals surface area contributed by atoms with Crippen LogP contribution >= 0.6 is 0 Å². The summed E-state index contributed by atoms with van der Waals surface area (Å²) < 4.78 is 0. The molecule has 5 rings (SSSR count). The number of rotatable bonds is 4. The van der Waals surface area contributed by atoms with Crippen LogP contribution in [0.5, 0.6) is 0 Å². The van der Waals surface area contributed by atoms with Gasteiger partial charge in [-0.1, -0.05) is 42.5 Å². The number of piperazine rings is 1. The number of hydrogen-bond acceptors (Lipinski definition) is 3. The molecule has 3 aliphatic heterocycles. The van der Waals surface area contributed by atoms with Crippen molar-refractivity contribution in [2.45, 2.75) is 37.9 Å². The third-order valence-corrected chi connectivity index (χ3v) is 6.76. The topological polar surface area (TPSA) is 18.3 Å². The van der Waals surface area contributed by atoms with Gasteiger partial charge in [0.05, 0.1) is 5.54 Å². The van der Waals surface area contributed by atoms with E-state index in [9.17, 15) is 0 Å². The monoisotopic (exact) mass is 347 g/mol. The minimum Gasteiger partial charge on any atom is -0.314 e. The smallest absolute Gasteiger partial charge is 0.0605 e. The molecule has 0 aliphatic carbocycles. The molecule has 1 N–H and O–H groups in total. The summed E-state index contributed by atoms with van der Waals surface area (Å²) in [6.07, 6.45) is 2.71. The van der Waals surface area contributed by atoms with Crippen LogP contribution in [0, 0.1) is 0 Å². The molecule has 3 unspecified atom stereocenters. The molecule has 3 fully saturated rings. The average molecular weight is 348 g/mol. The molecule has 0 aromatic heterocycles. The molecule has 0 bridgehead atoms. The average Bonchev–Trinajstić information content (AvgIpc) is 3.03. The summed E-state index contributed by atoms with van der Waals surface area (Å²) in [5.74, 6) is 0. The minimum atomic E-state index is 0.236. The Hall–Kier alpha value is -1.68. The highest BCUT2D eigenvalue weighted by atomic mass is 15.4. The van der Waals surface area contributed by atoms with Gasteiger partial charge in [0.2, 0.25) is 0 Å². The highest BCUT2D eigenvalue weighted by Crippen LogP contribution is 2.50. The maximum Gasteiger partial charge on any atom is 0.0605 e. The SMILES string of the molecule is CC1(c2ccc(-c3cccc(CN4CCCC4)c3)cc2)C2CNCCN21. The van der Waals surface area contributed by atoms with Crippen molar-refractivity contribution in [1.29, 1.82) is 0 Å². The molecular weight excluding hydrogens is 318 g/mol. The van der Waals surface area contributed by atoms with Crippen molar-refractivity contribution in [3.05, 3.63) is 59.7 Å². The van der Waals surface area contributed by atoms with Crippen LogP contribution in [0.25, 0.3) is 11.1 Å². The fraction of sp³-hybridized carbons (Fsp3) is 0.478. The van der Waals surface area contributed by atoms with Gasteiger partial charge in [0.1, 0.15) is 0 Å². The van der Waals surface area contributed by atoms with Gasteiger partial charge in [-0.15, -0.1) is 0 Å². The van der Waals surface area contributed by atoms with Crippen molar-refractivity contribution < 1.29 is 0 Å². The summed E-state index contributed by atoms with van der Waals surface area (Å²) in [5, 5.41) is 3.53. The first kappa shape index (κ1) is 16.5. The van der Waals surface area contributed by atoms with Crippen molar-refractivity contribution >= 4 is 0 Å². The van der Waals surface area contributed by atoms with Crippen LogP contribution in [0.2, 0.25) is 0 Å². The van der Waals surface area contributed by atoms with Crippen molar-refractivity contribution in [1.82, 2.24) is 15.1 Å². The van der Waals surface area contributed by atoms with Gasteiger partial charge in [0, 0.05) is 32.2 Å². The van der Waals surface area contributed by atoms with Crippen LogP contribution in [0.15, 0.2) is 48.5 Å². The van der Waals surface area contributed by atoms with Crippen LogP contribution in [0.3, 0.4) is 0 Å². The first-order valence-electron chi connectivity index (χ1n) is 10.1. The number of nitrogens with zero attached hydrogens (tertiary/aromatic N) is 2. The Balaban J connectivity index is 1.34. The van der Waals surface area contributed by atoms with E-state index in [1.807, 2.05) is 0 Å². The maximum atomic E-state index is 3.53. The molecule has 0 amide bonds. The second-order valence-corrected chi connectivity index (χ2v) is 8.32. The predicted molar refractivity (Wildman–Crippen MR) is 107 cm³/mol. The van der Waals surface area contributed by atoms with Gasteiger partial charge in [0.25, 0.3) is 0 Å². The quantitative estimate of drug-likeness (QED) is 0.855. The van der Waals surface area contributed by atoms with E-state index in [1.165, 1.54) is 54.7 Å². The highest BCUT2D eigenvalue weighted by Gasteiger charge is 2.60. The molecule has 0 saturated carbocycles. The predicted octanol–water partition coefficient (Wildman–Crippen LogP) is 3.45. The van der Waals surface area contributed by atoms with Gasteiger partial charge in [-0.05, 0) is 61.2 Å². The highest BCUT2D eigenvalue weighted by molar-refractivity contribution is 5.65. The lowest BCUT2D eigenvalue weighted by molar-refractivity contribution is 0.331. The first-order chi connectivity index (χ1) is 12.7. The molecule has 26 heavy (non-hydrogen) atoms. The normalized spacial score (nSPS) is 31.0. The van der Waals surface area contributed by atoms with E-state index in [0.717, 1.165) is 19.6 Å². The number of likely N-dealkylation sites (tertiary alicyclic amines) is 1. The summed E-state index contributed by atoms with van der Waals surface area (Å²) >= 11 is 0. The second-order valence-electron chi connectivity index (χ2n) is 8.32. The molecule has 3 nitrogen and oxygen atoms in total. The summed E-state index contributed by atoms with van der Waals surface area (Å²) in [4.78, 5) is 5.20. The Morgan fingerprint density at radius 2 is 1.81 bits per heavy atom. The van der Waals surface area contributed by atoms with E-state index in [2.05, 4.69) is 70.6 Å². The zero-order valence-electron chi connectivity index (χ0n) is 15.7. The fourth-order valence-electron chi connectivity index (χ4n) is 5.07. The van der Waals surface area contributed by atoms with E-state index in [1.54, 1.807) is 0 Å². The third kappa shape index (κ3) is 2.79. The van der Waals surface area contributed by atoms with E-state index in [4.69, 9.17) is 0 Å². The van der Waals surface area contributed by atoms with Gasteiger partial charge >= 0.3 is 0 Å². The Kier molecular flexibility index (Phi) is 4.11. The molecule has 136 valence electrons. The van der Waals surface area contributed by atoms with Gasteiger partial charge < -0.3 is 5.32 Å². The summed E-state index contributed by atoms with van der Waals surface area (Å²) in [6, 6.07) is 19.1.